The molecule has 0 spiro atoms. The molecule has 0 saturated carbocycles. The molecule has 3 aromatic carbocycles. The molecule has 3 N–H and O–H groups in total. The molecular weight excluding hydrogens is 385 g/mol. The van der Waals surface area contributed by atoms with Crippen molar-refractivity contribution in [3.8, 4) is 0 Å². The Balaban J connectivity index is 1.42. The SMILES string of the molecule is O=C(N/N=C\c1cccc(F)c1)c1ccc(Nc2nc3ccccc3c(=O)[nH]2)cc1. The van der Waals surface area contributed by atoms with Crippen molar-refractivity contribution in [3.05, 3.63) is 100 Å². The molecule has 0 aliphatic carbocycles. The van der Waals surface area contributed by atoms with E-state index in [0.29, 0.717) is 33.7 Å². The predicted octanol–water partition coefficient (Wildman–Crippen LogP) is 3.57. The summed E-state index contributed by atoms with van der Waals surface area (Å²) < 4.78 is 13.1. The van der Waals surface area contributed by atoms with Gasteiger partial charge < -0.3 is 5.32 Å². The lowest BCUT2D eigenvalue weighted by Gasteiger charge is -2.07. The van der Waals surface area contributed by atoms with E-state index >= 15 is 0 Å². The van der Waals surface area contributed by atoms with Crippen LogP contribution in [0.5, 0.6) is 0 Å². The van der Waals surface area contributed by atoms with E-state index in [0.717, 1.165) is 0 Å². The lowest BCUT2D eigenvalue weighted by Crippen LogP contribution is -2.17. The van der Waals surface area contributed by atoms with Crippen LogP contribution in [-0.2, 0) is 0 Å². The summed E-state index contributed by atoms with van der Waals surface area (Å²) in [4.78, 5) is 31.4. The first kappa shape index (κ1) is 19.0. The van der Waals surface area contributed by atoms with Gasteiger partial charge in [-0.1, -0.05) is 24.3 Å². The molecule has 0 aliphatic heterocycles. The van der Waals surface area contributed by atoms with Gasteiger partial charge in [-0.2, -0.15) is 5.10 Å². The number of anilines is 2. The van der Waals surface area contributed by atoms with Crippen molar-refractivity contribution >= 4 is 34.7 Å². The lowest BCUT2D eigenvalue weighted by atomic mass is 10.2. The van der Waals surface area contributed by atoms with Crippen LogP contribution in [0.2, 0.25) is 0 Å². The summed E-state index contributed by atoms with van der Waals surface area (Å²) in [7, 11) is 0. The molecule has 148 valence electrons. The molecule has 1 amide bonds. The highest BCUT2D eigenvalue weighted by atomic mass is 19.1. The van der Waals surface area contributed by atoms with Crippen LogP contribution in [-0.4, -0.2) is 22.1 Å². The number of nitrogens with zero attached hydrogens (tertiary/aromatic N) is 2. The highest BCUT2D eigenvalue weighted by Crippen LogP contribution is 2.15. The number of carbonyl (C=O) groups excluding carboxylic acids is 1. The van der Waals surface area contributed by atoms with E-state index in [2.05, 4.69) is 25.8 Å². The molecule has 8 heteroatoms. The number of amides is 1. The summed E-state index contributed by atoms with van der Waals surface area (Å²) in [5.41, 5.74) is 4.30. The van der Waals surface area contributed by atoms with E-state index in [1.807, 2.05) is 6.07 Å². The highest BCUT2D eigenvalue weighted by molar-refractivity contribution is 5.95. The molecule has 0 bridgehead atoms. The zero-order chi connectivity index (χ0) is 20.9. The minimum absolute atomic E-state index is 0.241. The average Bonchev–Trinajstić information content (AvgIpc) is 2.74. The fraction of sp³-hybridized carbons (Fsp3) is 0. The van der Waals surface area contributed by atoms with Crippen LogP contribution in [0.25, 0.3) is 10.9 Å². The number of H-pyrrole nitrogens is 1. The second kappa shape index (κ2) is 8.36. The maximum absolute atomic E-state index is 13.1. The Morgan fingerprint density at radius 1 is 1.03 bits per heavy atom. The Kier molecular flexibility index (Phi) is 5.29. The van der Waals surface area contributed by atoms with Crippen LogP contribution >= 0.6 is 0 Å². The van der Waals surface area contributed by atoms with Crippen molar-refractivity contribution in [1.29, 1.82) is 0 Å². The van der Waals surface area contributed by atoms with Gasteiger partial charge in [0.15, 0.2) is 0 Å². The Bertz CT molecular complexity index is 1300. The standard InChI is InChI=1S/C22H16FN5O2/c23-16-5-3-4-14(12-16)13-24-28-20(29)15-8-10-17(11-9-15)25-22-26-19-7-2-1-6-18(19)21(30)27-22/h1-13H,(H,28,29)(H2,25,26,27,30)/b24-13-. The summed E-state index contributed by atoms with van der Waals surface area (Å²) >= 11 is 0. The topological polar surface area (TPSA) is 99.2 Å². The Morgan fingerprint density at radius 2 is 1.83 bits per heavy atom. The molecular formula is C22H16FN5O2. The van der Waals surface area contributed by atoms with Gasteiger partial charge in [0.1, 0.15) is 5.82 Å². The summed E-state index contributed by atoms with van der Waals surface area (Å²) in [6.45, 7) is 0. The van der Waals surface area contributed by atoms with Crippen LogP contribution < -0.4 is 16.3 Å². The number of hydrogen-bond acceptors (Lipinski definition) is 5. The number of fused-ring (bicyclic) bond motifs is 1. The lowest BCUT2D eigenvalue weighted by molar-refractivity contribution is 0.0955. The monoisotopic (exact) mass is 401 g/mol. The number of hydrazone groups is 1. The average molecular weight is 401 g/mol. The normalized spacial score (nSPS) is 11.0. The molecule has 0 fully saturated rings. The Hall–Kier alpha value is -4.33. The zero-order valence-electron chi connectivity index (χ0n) is 15.6. The van der Waals surface area contributed by atoms with E-state index in [4.69, 9.17) is 0 Å². The van der Waals surface area contributed by atoms with Gasteiger partial charge >= 0.3 is 0 Å². The van der Waals surface area contributed by atoms with Gasteiger partial charge in [0.25, 0.3) is 11.5 Å². The van der Waals surface area contributed by atoms with Crippen molar-refractivity contribution in [3.63, 3.8) is 0 Å². The van der Waals surface area contributed by atoms with Gasteiger partial charge in [0.05, 0.1) is 17.1 Å². The van der Waals surface area contributed by atoms with Crippen LogP contribution in [0.1, 0.15) is 15.9 Å². The molecule has 0 aliphatic rings. The van der Waals surface area contributed by atoms with Crippen LogP contribution in [0.15, 0.2) is 82.7 Å². The Morgan fingerprint density at radius 3 is 2.63 bits per heavy atom. The molecule has 7 nitrogen and oxygen atoms in total. The number of hydrogen-bond donors (Lipinski definition) is 3. The number of halogens is 1. The van der Waals surface area contributed by atoms with E-state index < -0.39 is 5.91 Å². The minimum atomic E-state index is -0.411. The molecule has 1 heterocycles. The smallest absolute Gasteiger partial charge is 0.271 e. The van der Waals surface area contributed by atoms with Crippen LogP contribution in [0.3, 0.4) is 0 Å². The third kappa shape index (κ3) is 4.39. The van der Waals surface area contributed by atoms with E-state index in [1.165, 1.54) is 18.3 Å². The number of rotatable bonds is 5. The molecule has 1 aromatic heterocycles. The summed E-state index contributed by atoms with van der Waals surface area (Å²) in [6, 6.07) is 19.5. The second-order valence-corrected chi connectivity index (χ2v) is 6.39. The fourth-order valence-electron chi connectivity index (χ4n) is 2.80. The van der Waals surface area contributed by atoms with Crippen molar-refractivity contribution < 1.29 is 9.18 Å². The maximum Gasteiger partial charge on any atom is 0.271 e. The summed E-state index contributed by atoms with van der Waals surface area (Å²) in [5, 5.41) is 7.35. The first-order valence-electron chi connectivity index (χ1n) is 9.04. The number of aromatic nitrogens is 2. The molecule has 0 atom stereocenters. The third-order valence-corrected chi connectivity index (χ3v) is 4.25. The van der Waals surface area contributed by atoms with Gasteiger partial charge in [-0.3, -0.25) is 14.6 Å². The predicted molar refractivity (Wildman–Crippen MR) is 114 cm³/mol. The summed E-state index contributed by atoms with van der Waals surface area (Å²) in [5.74, 6) is -0.488. The number of carbonyl (C=O) groups is 1. The van der Waals surface area contributed by atoms with Gasteiger partial charge in [0.2, 0.25) is 5.95 Å². The van der Waals surface area contributed by atoms with Crippen LogP contribution in [0, 0.1) is 5.82 Å². The first-order chi connectivity index (χ1) is 14.6. The van der Waals surface area contributed by atoms with E-state index in [-0.39, 0.29) is 11.4 Å². The van der Waals surface area contributed by atoms with Gasteiger partial charge in [-0.05, 0) is 54.1 Å². The molecule has 4 rings (SSSR count). The number of nitrogens with one attached hydrogen (secondary N) is 3. The van der Waals surface area contributed by atoms with Gasteiger partial charge in [0, 0.05) is 11.3 Å². The maximum atomic E-state index is 13.1. The second-order valence-electron chi connectivity index (χ2n) is 6.39. The molecule has 0 saturated heterocycles. The van der Waals surface area contributed by atoms with Crippen LogP contribution in [0.4, 0.5) is 16.0 Å². The van der Waals surface area contributed by atoms with Gasteiger partial charge in [-0.25, -0.2) is 14.8 Å². The number of aromatic amines is 1. The minimum Gasteiger partial charge on any atom is -0.326 e. The summed E-state index contributed by atoms with van der Waals surface area (Å²) in [6.07, 6.45) is 1.36. The molecule has 4 aromatic rings. The number of benzene rings is 3. The first-order valence-corrected chi connectivity index (χ1v) is 9.04. The quantitative estimate of drug-likeness (QED) is 0.352. The third-order valence-electron chi connectivity index (χ3n) is 4.25. The van der Waals surface area contributed by atoms with Crippen molar-refractivity contribution in [2.24, 2.45) is 5.10 Å². The molecule has 0 radical (unpaired) electrons. The fourth-order valence-corrected chi connectivity index (χ4v) is 2.80. The van der Waals surface area contributed by atoms with E-state index in [9.17, 15) is 14.0 Å². The van der Waals surface area contributed by atoms with Gasteiger partial charge in [-0.15, -0.1) is 0 Å². The molecule has 0 unspecified atom stereocenters. The highest BCUT2D eigenvalue weighted by Gasteiger charge is 2.06. The van der Waals surface area contributed by atoms with Crippen molar-refractivity contribution in [2.45, 2.75) is 0 Å². The Labute approximate surface area is 170 Å². The zero-order valence-corrected chi connectivity index (χ0v) is 15.6. The van der Waals surface area contributed by atoms with Crippen molar-refractivity contribution in [2.75, 3.05) is 5.32 Å². The largest absolute Gasteiger partial charge is 0.326 e. The van der Waals surface area contributed by atoms with E-state index in [1.54, 1.807) is 54.6 Å². The molecule has 30 heavy (non-hydrogen) atoms. The number of para-hydroxylation sites is 1. The van der Waals surface area contributed by atoms with Crippen molar-refractivity contribution in [1.82, 2.24) is 15.4 Å².